The number of Topliss-reactive ketones (excluding diaryl/α,β-unsaturated/α-hetero) is 1. The highest BCUT2D eigenvalue weighted by molar-refractivity contribution is 5.83. The Balaban J connectivity index is 1.85. The summed E-state index contributed by atoms with van der Waals surface area (Å²) in [6.45, 7) is 2.57. The SMILES string of the molecule is CCOC(C(=O)CCc1ccnn1C)C1CC1. The number of carbonyl (C=O) groups excluding carboxylic acids is 1. The summed E-state index contributed by atoms with van der Waals surface area (Å²) in [7, 11) is 1.90. The van der Waals surface area contributed by atoms with E-state index in [1.807, 2.05) is 24.7 Å². The minimum atomic E-state index is -0.159. The Bertz CT molecular complexity index is 383. The lowest BCUT2D eigenvalue weighted by atomic mass is 10.1. The third-order valence-corrected chi connectivity index (χ3v) is 3.26. The van der Waals surface area contributed by atoms with Crippen LogP contribution in [0.3, 0.4) is 0 Å². The molecule has 1 aliphatic carbocycles. The van der Waals surface area contributed by atoms with Crippen molar-refractivity contribution in [3.8, 4) is 0 Å². The number of rotatable bonds is 7. The molecular weight excluding hydrogens is 216 g/mol. The lowest BCUT2D eigenvalue weighted by Crippen LogP contribution is -2.27. The molecule has 1 aromatic heterocycles. The number of aryl methyl sites for hydroxylation is 2. The molecule has 0 aliphatic heterocycles. The van der Waals surface area contributed by atoms with Gasteiger partial charge in [-0.05, 0) is 38.2 Å². The third-order valence-electron chi connectivity index (χ3n) is 3.26. The highest BCUT2D eigenvalue weighted by Crippen LogP contribution is 2.35. The minimum absolute atomic E-state index is 0.159. The first kappa shape index (κ1) is 12.3. The quantitative estimate of drug-likeness (QED) is 0.724. The molecule has 0 radical (unpaired) electrons. The lowest BCUT2D eigenvalue weighted by molar-refractivity contribution is -0.131. The van der Waals surface area contributed by atoms with E-state index in [2.05, 4.69) is 5.10 Å². The first-order valence-electron chi connectivity index (χ1n) is 6.33. The maximum atomic E-state index is 12.1. The molecule has 4 heteroatoms. The van der Waals surface area contributed by atoms with Gasteiger partial charge in [0.1, 0.15) is 6.10 Å². The Labute approximate surface area is 102 Å². The number of nitrogens with zero attached hydrogens (tertiary/aromatic N) is 2. The molecule has 1 atom stereocenters. The number of ether oxygens (including phenoxy) is 1. The Morgan fingerprint density at radius 3 is 2.94 bits per heavy atom. The van der Waals surface area contributed by atoms with Crippen LogP contribution in [0, 0.1) is 5.92 Å². The van der Waals surface area contributed by atoms with Crippen molar-refractivity contribution in [2.45, 2.75) is 38.7 Å². The van der Waals surface area contributed by atoms with Crippen molar-refractivity contribution in [3.05, 3.63) is 18.0 Å². The van der Waals surface area contributed by atoms with E-state index in [4.69, 9.17) is 4.74 Å². The number of hydrogen-bond acceptors (Lipinski definition) is 3. The zero-order chi connectivity index (χ0) is 12.3. The Morgan fingerprint density at radius 2 is 2.41 bits per heavy atom. The molecular formula is C13H20N2O2. The van der Waals surface area contributed by atoms with Crippen molar-refractivity contribution in [2.75, 3.05) is 6.61 Å². The molecule has 1 aromatic rings. The molecule has 0 N–H and O–H groups in total. The fourth-order valence-electron chi connectivity index (χ4n) is 2.11. The summed E-state index contributed by atoms with van der Waals surface area (Å²) in [6.07, 6.45) is 5.20. The van der Waals surface area contributed by atoms with Crippen molar-refractivity contribution in [1.29, 1.82) is 0 Å². The van der Waals surface area contributed by atoms with E-state index in [1.54, 1.807) is 6.20 Å². The molecule has 0 amide bonds. The molecule has 0 spiro atoms. The van der Waals surface area contributed by atoms with E-state index in [1.165, 1.54) is 0 Å². The van der Waals surface area contributed by atoms with Crippen LogP contribution in [0.4, 0.5) is 0 Å². The molecule has 1 fully saturated rings. The van der Waals surface area contributed by atoms with Gasteiger partial charge in [0.05, 0.1) is 0 Å². The highest BCUT2D eigenvalue weighted by Gasteiger charge is 2.36. The van der Waals surface area contributed by atoms with Crippen LogP contribution in [0.2, 0.25) is 0 Å². The largest absolute Gasteiger partial charge is 0.370 e. The fourth-order valence-corrected chi connectivity index (χ4v) is 2.11. The van der Waals surface area contributed by atoms with Gasteiger partial charge in [0.25, 0.3) is 0 Å². The van der Waals surface area contributed by atoms with Gasteiger partial charge >= 0.3 is 0 Å². The van der Waals surface area contributed by atoms with Crippen molar-refractivity contribution >= 4 is 5.78 Å². The summed E-state index contributed by atoms with van der Waals surface area (Å²) < 4.78 is 7.38. The topological polar surface area (TPSA) is 44.1 Å². The van der Waals surface area contributed by atoms with Crippen LogP contribution in [0.25, 0.3) is 0 Å². The van der Waals surface area contributed by atoms with Gasteiger partial charge in [-0.1, -0.05) is 0 Å². The molecule has 94 valence electrons. The summed E-state index contributed by atoms with van der Waals surface area (Å²) in [6, 6.07) is 1.96. The van der Waals surface area contributed by atoms with Gasteiger partial charge in [-0.3, -0.25) is 9.48 Å². The van der Waals surface area contributed by atoms with Crippen LogP contribution < -0.4 is 0 Å². The monoisotopic (exact) mass is 236 g/mol. The van der Waals surface area contributed by atoms with Crippen LogP contribution in [0.5, 0.6) is 0 Å². The fraction of sp³-hybridized carbons (Fsp3) is 0.692. The Hall–Kier alpha value is -1.16. The van der Waals surface area contributed by atoms with Crippen LogP contribution in [0.15, 0.2) is 12.3 Å². The molecule has 4 nitrogen and oxygen atoms in total. The Morgan fingerprint density at radius 1 is 1.65 bits per heavy atom. The molecule has 17 heavy (non-hydrogen) atoms. The number of aromatic nitrogens is 2. The molecule has 2 rings (SSSR count). The maximum Gasteiger partial charge on any atom is 0.162 e. The second-order valence-electron chi connectivity index (χ2n) is 4.63. The molecule has 0 saturated heterocycles. The normalized spacial score (nSPS) is 17.1. The summed E-state index contributed by atoms with van der Waals surface area (Å²) >= 11 is 0. The van der Waals surface area contributed by atoms with Crippen LogP contribution >= 0.6 is 0 Å². The smallest absolute Gasteiger partial charge is 0.162 e. The first-order valence-corrected chi connectivity index (χ1v) is 6.33. The minimum Gasteiger partial charge on any atom is -0.370 e. The van der Waals surface area contributed by atoms with E-state index >= 15 is 0 Å². The molecule has 0 bridgehead atoms. The lowest BCUT2D eigenvalue weighted by Gasteiger charge is -2.14. The van der Waals surface area contributed by atoms with Crippen molar-refractivity contribution in [3.63, 3.8) is 0 Å². The standard InChI is InChI=1S/C13H20N2O2/c1-3-17-13(10-4-5-10)12(16)7-6-11-8-9-14-15(11)2/h8-10,13H,3-7H2,1-2H3. The predicted octanol–water partition coefficient (Wildman–Crippen LogP) is 1.74. The third kappa shape index (κ3) is 3.16. The van der Waals surface area contributed by atoms with Crippen molar-refractivity contribution in [2.24, 2.45) is 13.0 Å². The van der Waals surface area contributed by atoms with Gasteiger partial charge in [-0.2, -0.15) is 5.10 Å². The van der Waals surface area contributed by atoms with E-state index in [-0.39, 0.29) is 11.9 Å². The zero-order valence-corrected chi connectivity index (χ0v) is 10.6. The van der Waals surface area contributed by atoms with Gasteiger partial charge in [0, 0.05) is 32.0 Å². The number of carbonyl (C=O) groups is 1. The maximum absolute atomic E-state index is 12.1. The van der Waals surface area contributed by atoms with E-state index in [9.17, 15) is 4.79 Å². The van der Waals surface area contributed by atoms with Crippen LogP contribution in [-0.4, -0.2) is 28.3 Å². The average Bonchev–Trinajstić information content (AvgIpc) is 3.07. The van der Waals surface area contributed by atoms with Gasteiger partial charge < -0.3 is 4.74 Å². The molecule has 0 aromatic carbocycles. The summed E-state index contributed by atoms with van der Waals surface area (Å²) in [5, 5.41) is 4.10. The van der Waals surface area contributed by atoms with E-state index < -0.39 is 0 Å². The summed E-state index contributed by atoms with van der Waals surface area (Å²) in [5.41, 5.74) is 1.10. The zero-order valence-electron chi connectivity index (χ0n) is 10.6. The van der Waals surface area contributed by atoms with Crippen molar-refractivity contribution < 1.29 is 9.53 Å². The van der Waals surface area contributed by atoms with E-state index in [0.29, 0.717) is 18.9 Å². The van der Waals surface area contributed by atoms with Gasteiger partial charge in [-0.25, -0.2) is 0 Å². The first-order chi connectivity index (χ1) is 8.22. The van der Waals surface area contributed by atoms with Crippen LogP contribution in [-0.2, 0) is 23.0 Å². The molecule has 1 unspecified atom stereocenters. The Kier molecular flexibility index (Phi) is 3.94. The van der Waals surface area contributed by atoms with Crippen molar-refractivity contribution in [1.82, 2.24) is 9.78 Å². The second kappa shape index (κ2) is 5.45. The summed E-state index contributed by atoms with van der Waals surface area (Å²) in [5.74, 6) is 0.726. The number of hydrogen-bond donors (Lipinski definition) is 0. The summed E-state index contributed by atoms with van der Waals surface area (Å²) in [4.78, 5) is 12.1. The molecule has 1 aliphatic rings. The number of ketones is 1. The predicted molar refractivity (Wildman–Crippen MR) is 64.7 cm³/mol. The van der Waals surface area contributed by atoms with Gasteiger partial charge in [-0.15, -0.1) is 0 Å². The molecule has 1 heterocycles. The molecule has 1 saturated carbocycles. The van der Waals surface area contributed by atoms with Gasteiger partial charge in [0.2, 0.25) is 0 Å². The second-order valence-corrected chi connectivity index (χ2v) is 4.63. The highest BCUT2D eigenvalue weighted by atomic mass is 16.5. The van der Waals surface area contributed by atoms with Gasteiger partial charge in [0.15, 0.2) is 5.78 Å². The van der Waals surface area contributed by atoms with Crippen LogP contribution in [0.1, 0.15) is 31.9 Å². The van der Waals surface area contributed by atoms with E-state index in [0.717, 1.165) is 25.0 Å². The average molecular weight is 236 g/mol.